The Hall–Kier alpha value is -3.44. The smallest absolute Gasteiger partial charge is 0.259 e. The van der Waals surface area contributed by atoms with Gasteiger partial charge < -0.3 is 20.3 Å². The molecular weight excluding hydrogens is 464 g/mol. The Labute approximate surface area is 194 Å². The van der Waals surface area contributed by atoms with Gasteiger partial charge in [-0.2, -0.15) is 0 Å². The molecule has 33 heavy (non-hydrogen) atoms. The number of hydrogen-bond acceptors (Lipinski definition) is 8. The zero-order valence-corrected chi connectivity index (χ0v) is 19.0. The number of anilines is 2. The molecule has 1 aromatic heterocycles. The lowest BCUT2D eigenvalue weighted by atomic mass is 10.1. The summed E-state index contributed by atoms with van der Waals surface area (Å²) in [6.07, 6.45) is 1.69. The number of benzene rings is 2. The molecule has 2 N–H and O–H groups in total. The maximum atomic E-state index is 12.7. The van der Waals surface area contributed by atoms with E-state index >= 15 is 0 Å². The molecule has 0 spiro atoms. The van der Waals surface area contributed by atoms with Crippen LogP contribution in [0.5, 0.6) is 11.5 Å². The topological polar surface area (TPSA) is 118 Å². The van der Waals surface area contributed by atoms with E-state index in [9.17, 15) is 18.0 Å². The van der Waals surface area contributed by atoms with Crippen molar-refractivity contribution < 1.29 is 22.7 Å². The minimum absolute atomic E-state index is 0.127. The van der Waals surface area contributed by atoms with Crippen LogP contribution in [0.25, 0.3) is 0 Å². The highest BCUT2D eigenvalue weighted by atomic mass is 32.2. The number of hydrogen-bond donors (Lipinski definition) is 2. The third kappa shape index (κ3) is 4.55. The van der Waals surface area contributed by atoms with Crippen LogP contribution in [0.1, 0.15) is 25.6 Å². The molecule has 5 rings (SSSR count). The summed E-state index contributed by atoms with van der Waals surface area (Å²) in [4.78, 5) is 32.4. The molecule has 1 fully saturated rings. The second-order valence-corrected chi connectivity index (χ2v) is 11.1. The van der Waals surface area contributed by atoms with E-state index in [0.717, 1.165) is 10.0 Å². The predicted molar refractivity (Wildman–Crippen MR) is 125 cm³/mol. The Kier molecular flexibility index (Phi) is 5.51. The molecule has 9 nitrogen and oxygen atoms in total. The summed E-state index contributed by atoms with van der Waals surface area (Å²) in [5.41, 5.74) is 1.23. The Morgan fingerprint density at radius 1 is 1.15 bits per heavy atom. The summed E-state index contributed by atoms with van der Waals surface area (Å²) in [5, 5.41) is 6.40. The van der Waals surface area contributed by atoms with Crippen molar-refractivity contribution in [2.45, 2.75) is 6.54 Å². The Bertz CT molecular complexity index is 1340. The number of ether oxygens (including phenoxy) is 1. The average molecular weight is 485 g/mol. The molecule has 11 heteroatoms. The molecule has 2 aromatic carbocycles. The van der Waals surface area contributed by atoms with E-state index in [0.29, 0.717) is 41.4 Å². The normalized spacial score (nSPS) is 16.6. The molecule has 3 heterocycles. The van der Waals surface area contributed by atoms with Crippen LogP contribution in [0.15, 0.2) is 48.7 Å². The molecule has 1 saturated heterocycles. The van der Waals surface area contributed by atoms with Crippen molar-refractivity contribution in [1.29, 1.82) is 0 Å². The number of nitrogens with zero attached hydrogens (tertiary/aromatic N) is 2. The van der Waals surface area contributed by atoms with E-state index in [1.54, 1.807) is 48.7 Å². The maximum absolute atomic E-state index is 12.7. The third-order valence-corrected chi connectivity index (χ3v) is 8.09. The standard InChI is InChI=1S/C22H20N4O5S2/c27-20(23-12-15-13-24-22(32-15)26-7-9-33(29,30)10-8-26)14-5-6-19-17(11-14)25-21(28)16-3-1-2-4-18(16)31-19/h1-6,11,13H,7-10,12H2,(H,23,27)(H,25,28). The fraction of sp³-hybridized carbons (Fsp3) is 0.227. The first-order valence-corrected chi connectivity index (χ1v) is 12.9. The van der Waals surface area contributed by atoms with Gasteiger partial charge in [-0.3, -0.25) is 9.59 Å². The van der Waals surface area contributed by atoms with Crippen molar-refractivity contribution in [3.63, 3.8) is 0 Å². The third-order valence-electron chi connectivity index (χ3n) is 5.42. The van der Waals surface area contributed by atoms with E-state index in [2.05, 4.69) is 15.6 Å². The van der Waals surface area contributed by atoms with Crippen molar-refractivity contribution in [3.8, 4) is 11.5 Å². The van der Waals surface area contributed by atoms with Crippen LogP contribution < -0.4 is 20.3 Å². The first kappa shape index (κ1) is 21.4. The van der Waals surface area contributed by atoms with Crippen molar-refractivity contribution >= 4 is 43.8 Å². The molecule has 0 saturated carbocycles. The van der Waals surface area contributed by atoms with Gasteiger partial charge in [0.05, 0.1) is 29.3 Å². The highest BCUT2D eigenvalue weighted by molar-refractivity contribution is 7.91. The van der Waals surface area contributed by atoms with Gasteiger partial charge in [-0.15, -0.1) is 11.3 Å². The highest BCUT2D eigenvalue weighted by Gasteiger charge is 2.24. The van der Waals surface area contributed by atoms with Crippen molar-refractivity contribution in [2.75, 3.05) is 34.8 Å². The lowest BCUT2D eigenvalue weighted by molar-refractivity contribution is 0.0950. The monoisotopic (exact) mass is 484 g/mol. The zero-order chi connectivity index (χ0) is 23.0. The van der Waals surface area contributed by atoms with Crippen LogP contribution in [0.3, 0.4) is 0 Å². The molecule has 0 aliphatic carbocycles. The van der Waals surface area contributed by atoms with E-state index < -0.39 is 9.84 Å². The molecule has 0 unspecified atom stereocenters. The predicted octanol–water partition coefficient (Wildman–Crippen LogP) is 2.67. The van der Waals surface area contributed by atoms with Gasteiger partial charge in [0.2, 0.25) is 0 Å². The summed E-state index contributed by atoms with van der Waals surface area (Å²) in [5.74, 6) is 0.571. The Morgan fingerprint density at radius 2 is 1.94 bits per heavy atom. The largest absolute Gasteiger partial charge is 0.454 e. The average Bonchev–Trinajstić information content (AvgIpc) is 3.22. The number of sulfone groups is 1. The highest BCUT2D eigenvalue weighted by Crippen LogP contribution is 2.36. The first-order valence-electron chi connectivity index (χ1n) is 10.3. The quantitative estimate of drug-likeness (QED) is 0.585. The number of para-hydroxylation sites is 1. The minimum Gasteiger partial charge on any atom is -0.454 e. The van der Waals surface area contributed by atoms with Gasteiger partial charge in [-0.1, -0.05) is 12.1 Å². The van der Waals surface area contributed by atoms with E-state index in [4.69, 9.17) is 4.74 Å². The van der Waals surface area contributed by atoms with Gasteiger partial charge >= 0.3 is 0 Å². The number of rotatable bonds is 4. The van der Waals surface area contributed by atoms with Crippen molar-refractivity contribution in [1.82, 2.24) is 10.3 Å². The van der Waals surface area contributed by atoms with Crippen molar-refractivity contribution in [3.05, 3.63) is 64.7 Å². The summed E-state index contributed by atoms with van der Waals surface area (Å²) in [6.45, 7) is 1.14. The number of carbonyl (C=O) groups excluding carboxylic acids is 2. The minimum atomic E-state index is -2.95. The summed E-state index contributed by atoms with van der Waals surface area (Å²) < 4.78 is 29.1. The van der Waals surface area contributed by atoms with E-state index in [1.807, 2.05) is 4.90 Å². The number of nitrogens with one attached hydrogen (secondary N) is 2. The number of aromatic nitrogens is 1. The summed E-state index contributed by atoms with van der Waals surface area (Å²) >= 11 is 1.42. The molecule has 0 atom stereocenters. The second kappa shape index (κ2) is 8.49. The van der Waals surface area contributed by atoms with Crippen LogP contribution in [-0.2, 0) is 16.4 Å². The lowest BCUT2D eigenvalue weighted by Gasteiger charge is -2.25. The molecule has 2 aliphatic heterocycles. The lowest BCUT2D eigenvalue weighted by Crippen LogP contribution is -2.40. The number of carbonyl (C=O) groups is 2. The Morgan fingerprint density at radius 3 is 2.76 bits per heavy atom. The van der Waals surface area contributed by atoms with Crippen LogP contribution in [-0.4, -0.2) is 49.8 Å². The molecule has 0 radical (unpaired) electrons. The van der Waals surface area contributed by atoms with Gasteiger partial charge in [0.1, 0.15) is 5.75 Å². The number of thiazole rings is 1. The Balaban J connectivity index is 1.24. The molecule has 170 valence electrons. The van der Waals surface area contributed by atoms with Gasteiger partial charge in [0, 0.05) is 29.7 Å². The van der Waals surface area contributed by atoms with Crippen LogP contribution >= 0.6 is 11.3 Å². The molecular formula is C22H20N4O5S2. The fourth-order valence-electron chi connectivity index (χ4n) is 3.61. The first-order chi connectivity index (χ1) is 15.9. The maximum Gasteiger partial charge on any atom is 0.259 e. The number of fused-ring (bicyclic) bond motifs is 2. The fourth-order valence-corrected chi connectivity index (χ4v) is 5.71. The summed E-state index contributed by atoms with van der Waals surface area (Å²) in [7, 11) is -2.95. The molecule has 2 amide bonds. The van der Waals surface area contributed by atoms with Gasteiger partial charge in [0.15, 0.2) is 20.7 Å². The second-order valence-electron chi connectivity index (χ2n) is 7.69. The van der Waals surface area contributed by atoms with E-state index in [1.165, 1.54) is 11.3 Å². The SMILES string of the molecule is O=C(NCc1cnc(N2CCS(=O)(=O)CC2)s1)c1ccc2c(c1)NC(=O)c1ccccc1O2. The molecule has 2 aliphatic rings. The van der Waals surface area contributed by atoms with Crippen LogP contribution in [0, 0.1) is 0 Å². The van der Waals surface area contributed by atoms with E-state index in [-0.39, 0.29) is 29.9 Å². The van der Waals surface area contributed by atoms with Crippen LogP contribution in [0.2, 0.25) is 0 Å². The molecule has 0 bridgehead atoms. The van der Waals surface area contributed by atoms with Crippen molar-refractivity contribution in [2.24, 2.45) is 0 Å². The van der Waals surface area contributed by atoms with Gasteiger partial charge in [-0.05, 0) is 30.3 Å². The zero-order valence-electron chi connectivity index (χ0n) is 17.4. The molecule has 3 aromatic rings. The van der Waals surface area contributed by atoms with Gasteiger partial charge in [-0.25, -0.2) is 13.4 Å². The van der Waals surface area contributed by atoms with Gasteiger partial charge in [0.25, 0.3) is 11.8 Å². The number of amides is 2. The summed E-state index contributed by atoms with van der Waals surface area (Å²) in [6, 6.07) is 11.8. The van der Waals surface area contributed by atoms with Crippen LogP contribution in [0.4, 0.5) is 10.8 Å².